The summed E-state index contributed by atoms with van der Waals surface area (Å²) >= 11 is 0. The first-order chi connectivity index (χ1) is 6.99. The van der Waals surface area contributed by atoms with Crippen molar-refractivity contribution in [2.24, 2.45) is 0 Å². The summed E-state index contributed by atoms with van der Waals surface area (Å²) in [4.78, 5) is 23.3. The maximum atomic E-state index is 11.6. The van der Waals surface area contributed by atoms with Crippen LogP contribution < -0.4 is 0 Å². The Labute approximate surface area is 88.2 Å². The van der Waals surface area contributed by atoms with Crippen LogP contribution in [0.5, 0.6) is 0 Å². The van der Waals surface area contributed by atoms with Crippen molar-refractivity contribution in [2.75, 3.05) is 0 Å². The monoisotopic (exact) mass is 210 g/mol. The van der Waals surface area contributed by atoms with Gasteiger partial charge in [0.25, 0.3) is 5.79 Å². The Morgan fingerprint density at radius 2 is 1.47 bits per heavy atom. The minimum atomic E-state index is -1.13. The van der Waals surface area contributed by atoms with Crippen LogP contribution in [-0.2, 0) is 19.1 Å². The molecule has 0 radical (unpaired) electrons. The first-order valence-corrected chi connectivity index (χ1v) is 5.18. The van der Waals surface area contributed by atoms with Crippen molar-refractivity contribution in [1.29, 1.82) is 0 Å². The number of hydrogen-bond donors (Lipinski definition) is 0. The number of ether oxygens (including phenoxy) is 2. The molecule has 0 aromatic heterocycles. The molecule has 15 heavy (non-hydrogen) atoms. The standard InChI is InChI=1S/C11H14O4/c1-11(2)14-9(12)8(10(13)15-11)7-5-3-4-6-7/h3-6H2,1-2H3. The largest absolute Gasteiger partial charge is 0.419 e. The molecule has 0 aromatic carbocycles. The highest BCUT2D eigenvalue weighted by Gasteiger charge is 2.40. The smallest absolute Gasteiger partial charge is 0.348 e. The van der Waals surface area contributed by atoms with Gasteiger partial charge in [-0.2, -0.15) is 0 Å². The lowest BCUT2D eigenvalue weighted by Crippen LogP contribution is -2.42. The van der Waals surface area contributed by atoms with E-state index in [-0.39, 0.29) is 5.57 Å². The van der Waals surface area contributed by atoms with Crippen molar-refractivity contribution >= 4 is 11.9 Å². The van der Waals surface area contributed by atoms with Gasteiger partial charge in [0, 0.05) is 13.8 Å². The third-order valence-corrected chi connectivity index (χ3v) is 2.65. The van der Waals surface area contributed by atoms with Gasteiger partial charge in [0.1, 0.15) is 5.57 Å². The number of carbonyl (C=O) groups is 2. The summed E-state index contributed by atoms with van der Waals surface area (Å²) in [5.41, 5.74) is 1.02. The first-order valence-electron chi connectivity index (χ1n) is 5.18. The van der Waals surface area contributed by atoms with Crippen LogP contribution in [-0.4, -0.2) is 17.7 Å². The Kier molecular flexibility index (Phi) is 2.29. The van der Waals surface area contributed by atoms with Gasteiger partial charge in [-0.3, -0.25) is 0 Å². The normalized spacial score (nSPS) is 25.2. The summed E-state index contributed by atoms with van der Waals surface area (Å²) in [7, 11) is 0. The van der Waals surface area contributed by atoms with E-state index < -0.39 is 17.7 Å². The van der Waals surface area contributed by atoms with Gasteiger partial charge in [-0.25, -0.2) is 9.59 Å². The van der Waals surface area contributed by atoms with E-state index in [1.54, 1.807) is 13.8 Å². The molecule has 0 unspecified atom stereocenters. The lowest BCUT2D eigenvalue weighted by molar-refractivity contribution is -0.222. The molecule has 0 amide bonds. The molecular formula is C11H14O4. The Morgan fingerprint density at radius 1 is 1.00 bits per heavy atom. The van der Waals surface area contributed by atoms with Gasteiger partial charge in [-0.05, 0) is 31.3 Å². The van der Waals surface area contributed by atoms with Crippen LogP contribution in [0.2, 0.25) is 0 Å². The number of carbonyl (C=O) groups excluding carboxylic acids is 2. The maximum Gasteiger partial charge on any atom is 0.348 e. The topological polar surface area (TPSA) is 52.6 Å². The lowest BCUT2D eigenvalue weighted by atomic mass is 10.1. The molecule has 0 aromatic rings. The zero-order chi connectivity index (χ0) is 11.1. The third kappa shape index (κ3) is 1.89. The average Bonchev–Trinajstić information content (AvgIpc) is 2.52. The highest BCUT2D eigenvalue weighted by Crippen LogP contribution is 2.32. The second-order valence-electron chi connectivity index (χ2n) is 4.36. The van der Waals surface area contributed by atoms with E-state index in [1.807, 2.05) is 0 Å². The number of allylic oxidation sites excluding steroid dienone is 1. The molecule has 0 bridgehead atoms. The summed E-state index contributed by atoms with van der Waals surface area (Å²) in [5, 5.41) is 0. The van der Waals surface area contributed by atoms with Gasteiger partial charge >= 0.3 is 11.9 Å². The minimum absolute atomic E-state index is 0.131. The predicted octanol–water partition coefficient (Wildman–Crippen LogP) is 1.69. The van der Waals surface area contributed by atoms with Crippen molar-refractivity contribution < 1.29 is 19.1 Å². The Hall–Kier alpha value is -1.32. The highest BCUT2D eigenvalue weighted by atomic mass is 16.7. The summed E-state index contributed by atoms with van der Waals surface area (Å²) in [6, 6.07) is 0. The van der Waals surface area contributed by atoms with E-state index in [0.717, 1.165) is 31.3 Å². The molecule has 82 valence electrons. The van der Waals surface area contributed by atoms with Crippen LogP contribution in [0.15, 0.2) is 11.1 Å². The lowest BCUT2D eigenvalue weighted by Gasteiger charge is -2.30. The van der Waals surface area contributed by atoms with E-state index in [2.05, 4.69) is 0 Å². The van der Waals surface area contributed by atoms with Crippen molar-refractivity contribution in [3.05, 3.63) is 11.1 Å². The molecule has 1 saturated carbocycles. The van der Waals surface area contributed by atoms with E-state index in [4.69, 9.17) is 9.47 Å². The van der Waals surface area contributed by atoms with Crippen LogP contribution >= 0.6 is 0 Å². The van der Waals surface area contributed by atoms with E-state index in [1.165, 1.54) is 0 Å². The Balaban J connectivity index is 2.31. The molecule has 1 heterocycles. The molecule has 2 aliphatic rings. The number of rotatable bonds is 0. The predicted molar refractivity (Wildman–Crippen MR) is 51.8 cm³/mol. The van der Waals surface area contributed by atoms with E-state index in [0.29, 0.717) is 0 Å². The van der Waals surface area contributed by atoms with Crippen molar-refractivity contribution in [2.45, 2.75) is 45.3 Å². The average molecular weight is 210 g/mol. The third-order valence-electron chi connectivity index (χ3n) is 2.65. The van der Waals surface area contributed by atoms with E-state index in [9.17, 15) is 9.59 Å². The molecule has 0 spiro atoms. The fourth-order valence-electron chi connectivity index (χ4n) is 1.99. The van der Waals surface area contributed by atoms with Gasteiger partial charge in [0.2, 0.25) is 0 Å². The molecule has 2 rings (SSSR count). The molecular weight excluding hydrogens is 196 g/mol. The maximum absolute atomic E-state index is 11.6. The van der Waals surface area contributed by atoms with Crippen LogP contribution in [0.3, 0.4) is 0 Å². The summed E-state index contributed by atoms with van der Waals surface area (Å²) in [6.45, 7) is 3.11. The van der Waals surface area contributed by atoms with Gasteiger partial charge in [-0.1, -0.05) is 0 Å². The van der Waals surface area contributed by atoms with Gasteiger partial charge in [-0.15, -0.1) is 0 Å². The Morgan fingerprint density at radius 3 is 1.93 bits per heavy atom. The number of hydrogen-bond acceptors (Lipinski definition) is 4. The number of esters is 2. The van der Waals surface area contributed by atoms with Gasteiger partial charge in [0.15, 0.2) is 0 Å². The zero-order valence-electron chi connectivity index (χ0n) is 8.96. The Bertz CT molecular complexity index is 322. The summed E-state index contributed by atoms with van der Waals surface area (Å²) in [5.74, 6) is -2.20. The van der Waals surface area contributed by atoms with Crippen LogP contribution in [0, 0.1) is 0 Å². The summed E-state index contributed by atoms with van der Waals surface area (Å²) < 4.78 is 10.1. The molecule has 0 N–H and O–H groups in total. The van der Waals surface area contributed by atoms with Crippen LogP contribution in [0.1, 0.15) is 39.5 Å². The molecule has 2 fully saturated rings. The molecule has 4 nitrogen and oxygen atoms in total. The first kappa shape index (κ1) is 10.2. The second kappa shape index (κ2) is 3.36. The van der Waals surface area contributed by atoms with Gasteiger partial charge < -0.3 is 9.47 Å². The molecule has 4 heteroatoms. The fraction of sp³-hybridized carbons (Fsp3) is 0.636. The quantitative estimate of drug-likeness (QED) is 0.347. The molecule has 1 saturated heterocycles. The molecule has 1 aliphatic carbocycles. The number of cyclic esters (lactones) is 2. The molecule has 1 aliphatic heterocycles. The van der Waals surface area contributed by atoms with Crippen LogP contribution in [0.4, 0.5) is 0 Å². The minimum Gasteiger partial charge on any atom is -0.419 e. The van der Waals surface area contributed by atoms with Gasteiger partial charge in [0.05, 0.1) is 0 Å². The van der Waals surface area contributed by atoms with Crippen molar-refractivity contribution in [3.63, 3.8) is 0 Å². The van der Waals surface area contributed by atoms with Crippen LogP contribution in [0.25, 0.3) is 0 Å². The molecule has 0 atom stereocenters. The summed E-state index contributed by atoms with van der Waals surface area (Å²) in [6.07, 6.45) is 3.67. The van der Waals surface area contributed by atoms with Crippen molar-refractivity contribution in [3.8, 4) is 0 Å². The SMILES string of the molecule is CC1(C)OC(=O)C(=C2CCCC2)C(=O)O1. The second-order valence-corrected chi connectivity index (χ2v) is 4.36. The zero-order valence-corrected chi connectivity index (χ0v) is 8.96. The van der Waals surface area contributed by atoms with Crippen molar-refractivity contribution in [1.82, 2.24) is 0 Å². The highest BCUT2D eigenvalue weighted by molar-refractivity contribution is 6.16. The fourth-order valence-corrected chi connectivity index (χ4v) is 1.99. The van der Waals surface area contributed by atoms with E-state index >= 15 is 0 Å².